The van der Waals surface area contributed by atoms with Crippen LogP contribution in [0.25, 0.3) is 0 Å². The summed E-state index contributed by atoms with van der Waals surface area (Å²) in [5.41, 5.74) is 2.02. The van der Waals surface area contributed by atoms with Gasteiger partial charge in [0.1, 0.15) is 12.6 Å². The van der Waals surface area contributed by atoms with Gasteiger partial charge in [-0.05, 0) is 56.0 Å². The molecule has 0 bridgehead atoms. The van der Waals surface area contributed by atoms with Crippen molar-refractivity contribution in [1.82, 2.24) is 10.2 Å². The van der Waals surface area contributed by atoms with Gasteiger partial charge in [-0.1, -0.05) is 60.3 Å². The maximum absolute atomic E-state index is 13.6. The van der Waals surface area contributed by atoms with Crippen LogP contribution in [0, 0.1) is 6.92 Å². The van der Waals surface area contributed by atoms with Crippen molar-refractivity contribution in [2.75, 3.05) is 17.1 Å². The van der Waals surface area contributed by atoms with E-state index in [1.165, 1.54) is 23.1 Å². The molecule has 2 aromatic carbocycles. The Bertz CT molecular complexity index is 1160. The second-order valence-corrected chi connectivity index (χ2v) is 11.8. The molecule has 1 N–H and O–H groups in total. The predicted molar refractivity (Wildman–Crippen MR) is 140 cm³/mol. The quantitative estimate of drug-likeness (QED) is 0.506. The maximum atomic E-state index is 13.6. The highest BCUT2D eigenvalue weighted by Gasteiger charge is 2.31. The molecule has 2 amide bonds. The van der Waals surface area contributed by atoms with Crippen LogP contribution in [0.3, 0.4) is 0 Å². The molecule has 10 heteroatoms. The largest absolute Gasteiger partial charge is 0.352 e. The Labute approximate surface area is 217 Å². The molecule has 1 fully saturated rings. The molecule has 35 heavy (non-hydrogen) atoms. The van der Waals surface area contributed by atoms with Crippen LogP contribution in [0.2, 0.25) is 10.0 Å². The summed E-state index contributed by atoms with van der Waals surface area (Å²) in [6, 6.07) is 11.2. The van der Waals surface area contributed by atoms with Crippen molar-refractivity contribution in [2.45, 2.75) is 58.2 Å². The highest BCUT2D eigenvalue weighted by atomic mass is 35.5. The molecule has 1 aliphatic rings. The van der Waals surface area contributed by atoms with Gasteiger partial charge in [0.25, 0.3) is 0 Å². The second-order valence-electron chi connectivity index (χ2n) is 9.01. The monoisotopic (exact) mass is 539 g/mol. The zero-order chi connectivity index (χ0) is 25.8. The number of carbonyl (C=O) groups is 2. The summed E-state index contributed by atoms with van der Waals surface area (Å²) in [5.74, 6) is -0.764. The van der Waals surface area contributed by atoms with E-state index in [2.05, 4.69) is 5.32 Å². The molecule has 7 nitrogen and oxygen atoms in total. The number of sulfonamides is 1. The first-order valence-electron chi connectivity index (χ1n) is 11.5. The van der Waals surface area contributed by atoms with E-state index in [9.17, 15) is 18.0 Å². The lowest BCUT2D eigenvalue weighted by Crippen LogP contribution is -2.52. The van der Waals surface area contributed by atoms with Gasteiger partial charge in [0, 0.05) is 22.6 Å². The molecular formula is C25H31Cl2N3O4S. The number of rotatable bonds is 9. The van der Waals surface area contributed by atoms with E-state index in [0.717, 1.165) is 47.4 Å². The Morgan fingerprint density at radius 3 is 2.26 bits per heavy atom. The summed E-state index contributed by atoms with van der Waals surface area (Å²) in [7, 11) is -3.86. The van der Waals surface area contributed by atoms with Gasteiger partial charge < -0.3 is 10.2 Å². The summed E-state index contributed by atoms with van der Waals surface area (Å²) >= 11 is 12.2. The third-order valence-electron chi connectivity index (χ3n) is 6.29. The fourth-order valence-corrected chi connectivity index (χ4v) is 5.59. The Balaban J connectivity index is 1.91. The van der Waals surface area contributed by atoms with E-state index in [-0.39, 0.29) is 34.2 Å². The van der Waals surface area contributed by atoms with Crippen LogP contribution in [0.15, 0.2) is 42.5 Å². The Hall–Kier alpha value is -2.29. The first kappa shape index (κ1) is 27.3. The van der Waals surface area contributed by atoms with Gasteiger partial charge >= 0.3 is 0 Å². The summed E-state index contributed by atoms with van der Waals surface area (Å²) < 4.78 is 26.3. The van der Waals surface area contributed by atoms with Crippen LogP contribution in [0.4, 0.5) is 5.69 Å². The second kappa shape index (κ2) is 11.6. The predicted octanol–water partition coefficient (Wildman–Crippen LogP) is 4.54. The van der Waals surface area contributed by atoms with Crippen LogP contribution in [-0.2, 0) is 26.2 Å². The SMILES string of the molecule is Cc1ccccc1CN(C(=O)CN(c1cc(Cl)cc(Cl)c1)S(C)(=O)=O)[C@H](C)C(=O)NC1CCCC1. The van der Waals surface area contributed by atoms with Gasteiger partial charge in [0.15, 0.2) is 0 Å². The van der Waals surface area contributed by atoms with Crippen LogP contribution in [-0.4, -0.2) is 50.0 Å². The number of anilines is 1. The lowest BCUT2D eigenvalue weighted by atomic mass is 10.1. The van der Waals surface area contributed by atoms with E-state index in [0.29, 0.717) is 0 Å². The topological polar surface area (TPSA) is 86.8 Å². The number of aryl methyl sites for hydroxylation is 1. The van der Waals surface area contributed by atoms with Crippen molar-refractivity contribution in [2.24, 2.45) is 0 Å². The smallest absolute Gasteiger partial charge is 0.244 e. The third-order valence-corrected chi connectivity index (χ3v) is 7.86. The Morgan fingerprint density at radius 2 is 1.69 bits per heavy atom. The number of carbonyl (C=O) groups excluding carboxylic acids is 2. The molecule has 0 saturated heterocycles. The highest BCUT2D eigenvalue weighted by molar-refractivity contribution is 7.92. The molecule has 0 spiro atoms. The average Bonchev–Trinajstić information content (AvgIpc) is 3.27. The number of benzene rings is 2. The number of nitrogens with zero attached hydrogens (tertiary/aromatic N) is 2. The standard InChI is InChI=1S/C25H31Cl2N3O4S/c1-17-8-4-5-9-19(17)15-29(18(2)25(32)28-22-10-6-7-11-22)24(31)16-30(35(3,33)34)23-13-20(26)12-21(27)14-23/h4-5,8-9,12-14,18,22H,6-7,10-11,15-16H2,1-3H3,(H,28,32)/t18-/m1/s1. The fraction of sp³-hybridized carbons (Fsp3) is 0.440. The zero-order valence-corrected chi connectivity index (χ0v) is 22.5. The fourth-order valence-electron chi connectivity index (χ4n) is 4.24. The molecule has 0 aromatic heterocycles. The number of hydrogen-bond acceptors (Lipinski definition) is 4. The van der Waals surface area contributed by atoms with E-state index >= 15 is 0 Å². The van der Waals surface area contributed by atoms with Gasteiger partial charge in [-0.15, -0.1) is 0 Å². The normalized spacial score (nSPS) is 15.0. The zero-order valence-electron chi connectivity index (χ0n) is 20.1. The minimum absolute atomic E-state index is 0.0986. The number of halogens is 2. The molecule has 2 aromatic rings. The highest BCUT2D eigenvalue weighted by Crippen LogP contribution is 2.27. The number of hydrogen-bond donors (Lipinski definition) is 1. The molecule has 3 rings (SSSR count). The van der Waals surface area contributed by atoms with Crippen molar-refractivity contribution < 1.29 is 18.0 Å². The van der Waals surface area contributed by atoms with Crippen molar-refractivity contribution in [3.8, 4) is 0 Å². The molecule has 0 aliphatic heterocycles. The summed E-state index contributed by atoms with van der Waals surface area (Å²) in [6.45, 7) is 3.26. The molecule has 1 atom stereocenters. The van der Waals surface area contributed by atoms with Crippen molar-refractivity contribution in [1.29, 1.82) is 0 Å². The summed E-state index contributed by atoms with van der Waals surface area (Å²) in [5, 5.41) is 3.54. The van der Waals surface area contributed by atoms with Gasteiger partial charge in [0.05, 0.1) is 11.9 Å². The first-order valence-corrected chi connectivity index (χ1v) is 14.1. The Kier molecular flexibility index (Phi) is 9.07. The third kappa shape index (κ3) is 7.35. The lowest BCUT2D eigenvalue weighted by molar-refractivity contribution is -0.139. The minimum atomic E-state index is -3.86. The van der Waals surface area contributed by atoms with Crippen LogP contribution in [0.5, 0.6) is 0 Å². The van der Waals surface area contributed by atoms with Gasteiger partial charge in [-0.2, -0.15) is 0 Å². The number of nitrogens with one attached hydrogen (secondary N) is 1. The molecule has 0 radical (unpaired) electrons. The lowest BCUT2D eigenvalue weighted by Gasteiger charge is -2.32. The molecular weight excluding hydrogens is 509 g/mol. The van der Waals surface area contributed by atoms with E-state index < -0.39 is 28.5 Å². The summed E-state index contributed by atoms with van der Waals surface area (Å²) in [4.78, 5) is 28.1. The Morgan fingerprint density at radius 1 is 1.09 bits per heavy atom. The van der Waals surface area contributed by atoms with Crippen molar-refractivity contribution in [3.05, 3.63) is 63.6 Å². The van der Waals surface area contributed by atoms with E-state index in [1.807, 2.05) is 31.2 Å². The molecule has 1 saturated carbocycles. The average molecular weight is 541 g/mol. The first-order chi connectivity index (χ1) is 16.5. The van der Waals surface area contributed by atoms with Gasteiger partial charge in [0.2, 0.25) is 21.8 Å². The minimum Gasteiger partial charge on any atom is -0.352 e. The molecule has 1 aliphatic carbocycles. The van der Waals surface area contributed by atoms with Gasteiger partial charge in [-0.3, -0.25) is 13.9 Å². The van der Waals surface area contributed by atoms with Crippen LogP contribution < -0.4 is 9.62 Å². The van der Waals surface area contributed by atoms with Crippen LogP contribution >= 0.6 is 23.2 Å². The van der Waals surface area contributed by atoms with Gasteiger partial charge in [-0.25, -0.2) is 8.42 Å². The van der Waals surface area contributed by atoms with E-state index in [4.69, 9.17) is 23.2 Å². The summed E-state index contributed by atoms with van der Waals surface area (Å²) in [6.07, 6.45) is 4.98. The van der Waals surface area contributed by atoms with Crippen molar-refractivity contribution in [3.63, 3.8) is 0 Å². The van der Waals surface area contributed by atoms with Crippen molar-refractivity contribution >= 4 is 50.7 Å². The molecule has 0 heterocycles. The van der Waals surface area contributed by atoms with Crippen LogP contribution in [0.1, 0.15) is 43.7 Å². The van der Waals surface area contributed by atoms with E-state index in [1.54, 1.807) is 6.92 Å². The molecule has 190 valence electrons. The number of amides is 2. The maximum Gasteiger partial charge on any atom is 0.244 e. The molecule has 0 unspecified atom stereocenters.